The van der Waals surface area contributed by atoms with E-state index in [4.69, 9.17) is 0 Å². The average molecular weight is 260 g/mol. The molecule has 0 saturated heterocycles. The molecule has 0 aromatic carbocycles. The van der Waals surface area contributed by atoms with Crippen molar-refractivity contribution in [3.05, 3.63) is 0 Å². The summed E-state index contributed by atoms with van der Waals surface area (Å²) in [4.78, 5) is 0. The van der Waals surface area contributed by atoms with Crippen molar-refractivity contribution in [1.82, 2.24) is 0 Å². The van der Waals surface area contributed by atoms with Crippen LogP contribution in [0.15, 0.2) is 0 Å². The fourth-order valence-electron chi connectivity index (χ4n) is 0.763. The van der Waals surface area contributed by atoms with Crippen LogP contribution >= 0.6 is 7.26 Å². The molecular weight excluding hydrogens is 242 g/mol. The topological polar surface area (TPSA) is 0 Å². The molecule has 0 nitrogen and oxygen atoms in total. The van der Waals surface area contributed by atoms with E-state index in [1.54, 1.807) is 0 Å². The van der Waals surface area contributed by atoms with Crippen molar-refractivity contribution >= 4 is 7.26 Å². The third-order valence-corrected chi connectivity index (χ3v) is 5.05. The van der Waals surface area contributed by atoms with Gasteiger partial charge in [-0.25, -0.2) is 0 Å². The number of halogens is 1. The van der Waals surface area contributed by atoms with Crippen LogP contribution in [0.25, 0.3) is 0 Å². The molecule has 0 aliphatic carbocycles. The summed E-state index contributed by atoms with van der Waals surface area (Å²) in [6.07, 6.45) is 4.26. The molecule has 0 aromatic heterocycles. The smallest absolute Gasteiger partial charge is 0.0586 e. The first-order valence-electron chi connectivity index (χ1n) is 3.44. The van der Waals surface area contributed by atoms with Crippen LogP contribution in [0.5, 0.6) is 0 Å². The van der Waals surface area contributed by atoms with Crippen molar-refractivity contribution in [3.63, 3.8) is 0 Å². The molecule has 0 radical (unpaired) electrons. The lowest BCUT2D eigenvalue weighted by atomic mass is 10.6. The zero-order chi connectivity index (χ0) is 6.62. The van der Waals surface area contributed by atoms with Crippen molar-refractivity contribution in [1.29, 1.82) is 0 Å². The van der Waals surface area contributed by atoms with Gasteiger partial charge in [-0.1, -0.05) is 6.92 Å². The first-order chi connectivity index (χ1) is 3.62. The molecule has 0 aromatic rings. The van der Waals surface area contributed by atoms with Gasteiger partial charge < -0.3 is 24.0 Å². The third kappa shape index (κ3) is 7.05. The molecular formula is C7H18IP. The molecule has 0 atom stereocenters. The van der Waals surface area contributed by atoms with E-state index < -0.39 is 7.26 Å². The van der Waals surface area contributed by atoms with E-state index >= 15 is 0 Å². The van der Waals surface area contributed by atoms with Gasteiger partial charge in [-0.05, 0) is 13.3 Å². The van der Waals surface area contributed by atoms with Gasteiger partial charge in [0, 0.05) is 20.6 Å². The molecule has 0 unspecified atom stereocenters. The second-order valence-corrected chi connectivity index (χ2v) is 7.93. The number of hydrogen-bond acceptors (Lipinski definition) is 0. The van der Waals surface area contributed by atoms with Gasteiger partial charge in [-0.3, -0.25) is 0 Å². The van der Waals surface area contributed by atoms with Gasteiger partial charge in [0.1, 0.15) is 0 Å². The molecule has 0 rings (SSSR count). The fourth-order valence-corrected chi connectivity index (χ4v) is 2.29. The molecule has 2 heteroatoms. The SMILES string of the molecule is CCC[P+](C)(C)CC.[I-]. The van der Waals surface area contributed by atoms with Crippen molar-refractivity contribution < 1.29 is 24.0 Å². The highest BCUT2D eigenvalue weighted by Crippen LogP contribution is 2.50. The quantitative estimate of drug-likeness (QED) is 0.482. The first kappa shape index (κ1) is 12.8. The lowest BCUT2D eigenvalue weighted by molar-refractivity contribution is -0.00000209. The van der Waals surface area contributed by atoms with Crippen LogP contribution in [0.4, 0.5) is 0 Å². The van der Waals surface area contributed by atoms with E-state index in [0.717, 1.165) is 0 Å². The van der Waals surface area contributed by atoms with Crippen LogP contribution in [-0.4, -0.2) is 25.7 Å². The maximum Gasteiger partial charge on any atom is 0.0586 e. The van der Waals surface area contributed by atoms with Gasteiger partial charge in [0.25, 0.3) is 0 Å². The van der Waals surface area contributed by atoms with Crippen molar-refractivity contribution in [3.8, 4) is 0 Å². The molecule has 0 aliphatic heterocycles. The summed E-state index contributed by atoms with van der Waals surface area (Å²) in [5.74, 6) is 0. The van der Waals surface area contributed by atoms with Crippen molar-refractivity contribution in [2.45, 2.75) is 20.3 Å². The Morgan fingerprint density at radius 2 is 1.56 bits per heavy atom. The number of hydrogen-bond donors (Lipinski definition) is 0. The Balaban J connectivity index is 0. The van der Waals surface area contributed by atoms with E-state index in [0.29, 0.717) is 0 Å². The van der Waals surface area contributed by atoms with E-state index in [-0.39, 0.29) is 24.0 Å². The highest BCUT2D eigenvalue weighted by atomic mass is 127. The lowest BCUT2D eigenvalue weighted by Crippen LogP contribution is -3.00. The van der Waals surface area contributed by atoms with Gasteiger partial charge >= 0.3 is 0 Å². The van der Waals surface area contributed by atoms with Crippen LogP contribution in [0.3, 0.4) is 0 Å². The average Bonchev–Trinajstić information content (AvgIpc) is 1.67. The largest absolute Gasteiger partial charge is 1.00 e. The van der Waals surface area contributed by atoms with Crippen LogP contribution in [0, 0.1) is 0 Å². The maximum atomic E-state index is 2.44. The summed E-state index contributed by atoms with van der Waals surface area (Å²) in [6, 6.07) is 0. The normalized spacial score (nSPS) is 10.7. The Morgan fingerprint density at radius 3 is 1.67 bits per heavy atom. The van der Waals surface area contributed by atoms with Crippen LogP contribution < -0.4 is 24.0 Å². The minimum absolute atomic E-state index is 0. The summed E-state index contributed by atoms with van der Waals surface area (Å²) < 4.78 is 0. The van der Waals surface area contributed by atoms with E-state index in [1.807, 2.05) is 0 Å². The molecule has 0 heterocycles. The van der Waals surface area contributed by atoms with Gasteiger partial charge in [-0.2, -0.15) is 0 Å². The summed E-state index contributed by atoms with van der Waals surface area (Å²) in [6.45, 7) is 9.47. The molecule has 0 spiro atoms. The second-order valence-electron chi connectivity index (χ2n) is 2.98. The Labute approximate surface area is 77.2 Å². The summed E-state index contributed by atoms with van der Waals surface area (Å²) in [7, 11) is -0.423. The predicted octanol–water partition coefficient (Wildman–Crippen LogP) is -0.302. The third-order valence-electron chi connectivity index (χ3n) is 1.68. The van der Waals surface area contributed by atoms with Gasteiger partial charge in [0.2, 0.25) is 0 Å². The van der Waals surface area contributed by atoms with Crippen molar-refractivity contribution in [2.75, 3.05) is 25.7 Å². The Bertz CT molecular complexity index is 61.9. The summed E-state index contributed by atoms with van der Waals surface area (Å²) in [5, 5.41) is 0. The second kappa shape index (κ2) is 5.91. The zero-order valence-electron chi connectivity index (χ0n) is 6.95. The van der Waals surface area contributed by atoms with Gasteiger partial charge in [0.05, 0.1) is 12.3 Å². The van der Waals surface area contributed by atoms with Crippen LogP contribution in [0.2, 0.25) is 0 Å². The van der Waals surface area contributed by atoms with E-state index in [1.165, 1.54) is 18.7 Å². The highest BCUT2D eigenvalue weighted by Gasteiger charge is 2.19. The van der Waals surface area contributed by atoms with Crippen LogP contribution in [-0.2, 0) is 0 Å². The Morgan fingerprint density at radius 1 is 1.11 bits per heavy atom. The molecule has 0 N–H and O–H groups in total. The zero-order valence-corrected chi connectivity index (χ0v) is 10.00. The summed E-state index contributed by atoms with van der Waals surface area (Å²) in [5.41, 5.74) is 0. The van der Waals surface area contributed by atoms with E-state index in [9.17, 15) is 0 Å². The van der Waals surface area contributed by atoms with Gasteiger partial charge in [0.15, 0.2) is 0 Å². The molecule has 9 heavy (non-hydrogen) atoms. The maximum absolute atomic E-state index is 2.44. The molecule has 0 saturated carbocycles. The minimum atomic E-state index is -0.423. The van der Waals surface area contributed by atoms with Crippen molar-refractivity contribution in [2.24, 2.45) is 0 Å². The Kier molecular flexibility index (Phi) is 8.41. The predicted molar refractivity (Wildman–Crippen MR) is 44.5 cm³/mol. The first-order valence-corrected chi connectivity index (χ1v) is 6.49. The number of rotatable bonds is 3. The molecule has 0 aliphatic rings. The van der Waals surface area contributed by atoms with Gasteiger partial charge in [-0.15, -0.1) is 0 Å². The lowest BCUT2D eigenvalue weighted by Gasteiger charge is -2.13. The Hall–Kier alpha value is 1.16. The van der Waals surface area contributed by atoms with E-state index in [2.05, 4.69) is 27.2 Å². The summed E-state index contributed by atoms with van der Waals surface area (Å²) >= 11 is 0. The minimum Gasteiger partial charge on any atom is -1.00 e. The fraction of sp³-hybridized carbons (Fsp3) is 1.00. The molecule has 0 amide bonds. The highest BCUT2D eigenvalue weighted by molar-refractivity contribution is 7.74. The molecule has 58 valence electrons. The molecule has 0 fully saturated rings. The standard InChI is InChI=1S/C7H18P.HI/c1-5-7-8(3,4)6-2;/h5-7H2,1-4H3;1H/q+1;/p-1. The van der Waals surface area contributed by atoms with Crippen LogP contribution in [0.1, 0.15) is 20.3 Å². The molecule has 0 bridgehead atoms. The monoisotopic (exact) mass is 260 g/mol.